The molecule has 2 atom stereocenters. The molecule has 1 aliphatic heterocycles. The Bertz CT molecular complexity index is 384. The maximum absolute atomic E-state index is 11.8. The Kier molecular flexibility index (Phi) is 2.84. The van der Waals surface area contributed by atoms with E-state index in [1.54, 1.807) is 6.07 Å². The van der Waals surface area contributed by atoms with Crippen LogP contribution >= 0.6 is 0 Å². The molecule has 2 rings (SSSR count). The zero-order valence-electron chi connectivity index (χ0n) is 8.97. The van der Waals surface area contributed by atoms with Crippen molar-refractivity contribution in [3.8, 4) is 0 Å². The number of carbonyl (C=O) groups excluding carboxylic acids is 1. The molecule has 0 aromatic carbocycles. The molecular weight excluding hydrogens is 208 g/mol. The van der Waals surface area contributed by atoms with Gasteiger partial charge in [-0.05, 0) is 13.0 Å². The number of rotatable bonds is 2. The van der Waals surface area contributed by atoms with Gasteiger partial charge in [-0.25, -0.2) is 9.97 Å². The van der Waals surface area contributed by atoms with Gasteiger partial charge < -0.3 is 10.4 Å². The lowest BCUT2D eigenvalue weighted by atomic mass is 10.1. The summed E-state index contributed by atoms with van der Waals surface area (Å²) in [5, 5.41) is 15.3. The lowest BCUT2D eigenvalue weighted by Gasteiger charge is -2.25. The Hall–Kier alpha value is -1.53. The first-order chi connectivity index (χ1) is 7.59. The topological polar surface area (TPSA) is 87.1 Å². The van der Waals surface area contributed by atoms with Crippen molar-refractivity contribution in [1.29, 1.82) is 0 Å². The maximum Gasteiger partial charge on any atom is 0.271 e. The van der Waals surface area contributed by atoms with Crippen LogP contribution < -0.4 is 10.6 Å². The smallest absolute Gasteiger partial charge is 0.271 e. The first-order valence-corrected chi connectivity index (χ1v) is 5.11. The monoisotopic (exact) mass is 222 g/mol. The number of aliphatic hydroxyl groups excluding tert-OH is 1. The van der Waals surface area contributed by atoms with Crippen LogP contribution in [0, 0.1) is 0 Å². The van der Waals surface area contributed by atoms with Crippen LogP contribution in [0.3, 0.4) is 0 Å². The zero-order chi connectivity index (χ0) is 11.6. The summed E-state index contributed by atoms with van der Waals surface area (Å²) in [6, 6.07) is 1.55. The van der Waals surface area contributed by atoms with Crippen LogP contribution in [0.25, 0.3) is 0 Å². The molecule has 1 amide bonds. The molecule has 0 saturated carbocycles. The van der Waals surface area contributed by atoms with Crippen molar-refractivity contribution in [3.63, 3.8) is 0 Å². The van der Waals surface area contributed by atoms with Gasteiger partial charge >= 0.3 is 0 Å². The van der Waals surface area contributed by atoms with E-state index in [1.807, 2.05) is 6.92 Å². The van der Waals surface area contributed by atoms with Gasteiger partial charge in [0.1, 0.15) is 12.0 Å². The molecule has 1 fully saturated rings. The third kappa shape index (κ3) is 2.34. The average Bonchev–Trinajstić information content (AvgIpc) is 2.59. The van der Waals surface area contributed by atoms with Gasteiger partial charge in [-0.3, -0.25) is 10.1 Å². The van der Waals surface area contributed by atoms with E-state index in [2.05, 4.69) is 20.6 Å². The number of hydrogen-bond donors (Lipinski definition) is 3. The van der Waals surface area contributed by atoms with E-state index < -0.39 is 11.8 Å². The highest BCUT2D eigenvalue weighted by Gasteiger charge is 2.35. The van der Waals surface area contributed by atoms with E-state index in [1.165, 1.54) is 12.5 Å². The Morgan fingerprint density at radius 2 is 2.56 bits per heavy atom. The van der Waals surface area contributed by atoms with Gasteiger partial charge in [0.25, 0.3) is 5.91 Å². The number of hydrogen-bond acceptors (Lipinski definition) is 5. The van der Waals surface area contributed by atoms with Gasteiger partial charge in [0.2, 0.25) is 0 Å². The number of nitrogens with zero attached hydrogens (tertiary/aromatic N) is 2. The molecule has 2 heterocycles. The second kappa shape index (κ2) is 4.15. The summed E-state index contributed by atoms with van der Waals surface area (Å²) in [6.45, 7) is 2.32. The summed E-state index contributed by atoms with van der Waals surface area (Å²) in [5.74, 6) is -0.272. The summed E-state index contributed by atoms with van der Waals surface area (Å²) in [6.07, 6.45) is 2.91. The highest BCUT2D eigenvalue weighted by Crippen LogP contribution is 2.16. The minimum atomic E-state index is -0.568. The minimum absolute atomic E-state index is 0.272. The van der Waals surface area contributed by atoms with E-state index in [-0.39, 0.29) is 5.91 Å². The second-order valence-electron chi connectivity index (χ2n) is 4.12. The Labute approximate surface area is 93.1 Å². The van der Waals surface area contributed by atoms with Gasteiger partial charge in [0.15, 0.2) is 0 Å². The van der Waals surface area contributed by atoms with Gasteiger partial charge in [-0.2, -0.15) is 0 Å². The molecule has 0 radical (unpaired) electrons. The Balaban J connectivity index is 2.03. The maximum atomic E-state index is 11.8. The number of amides is 1. The fourth-order valence-corrected chi connectivity index (χ4v) is 1.79. The molecule has 0 unspecified atom stereocenters. The first-order valence-electron chi connectivity index (χ1n) is 5.11. The van der Waals surface area contributed by atoms with Crippen molar-refractivity contribution in [2.75, 3.05) is 6.54 Å². The molecule has 86 valence electrons. The van der Waals surface area contributed by atoms with Crippen molar-refractivity contribution >= 4 is 5.91 Å². The predicted octanol–water partition coefficient (Wildman–Crippen LogP) is -0.723. The third-order valence-corrected chi connectivity index (χ3v) is 2.58. The summed E-state index contributed by atoms with van der Waals surface area (Å²) >= 11 is 0. The number of β-amino-alcohol motifs (C(OH)–C–C–N with tert-alkyl or cyclic N) is 1. The largest absolute Gasteiger partial charge is 0.392 e. The van der Waals surface area contributed by atoms with E-state index in [9.17, 15) is 9.90 Å². The highest BCUT2D eigenvalue weighted by molar-refractivity contribution is 5.92. The van der Waals surface area contributed by atoms with Gasteiger partial charge in [-0.1, -0.05) is 0 Å². The van der Waals surface area contributed by atoms with Crippen molar-refractivity contribution in [1.82, 2.24) is 20.6 Å². The number of nitrogens with one attached hydrogen (secondary N) is 2. The van der Waals surface area contributed by atoms with E-state index in [0.717, 1.165) is 0 Å². The molecule has 1 aromatic rings. The van der Waals surface area contributed by atoms with Crippen LogP contribution in [0.15, 0.2) is 18.6 Å². The molecule has 3 N–H and O–H groups in total. The lowest BCUT2D eigenvalue weighted by molar-refractivity contribution is 0.0884. The van der Waals surface area contributed by atoms with Crippen molar-refractivity contribution in [2.45, 2.75) is 25.1 Å². The first kappa shape index (κ1) is 11.0. The SMILES string of the molecule is C[C@]1(NC(=O)c2ccncn2)C[C@@H](O)CN1. The van der Waals surface area contributed by atoms with E-state index >= 15 is 0 Å². The molecular formula is C10H14N4O2. The Morgan fingerprint density at radius 3 is 3.12 bits per heavy atom. The van der Waals surface area contributed by atoms with Crippen LogP contribution in [0.4, 0.5) is 0 Å². The molecule has 6 nitrogen and oxygen atoms in total. The molecule has 1 saturated heterocycles. The molecule has 0 aliphatic carbocycles. The summed E-state index contributed by atoms with van der Waals surface area (Å²) in [7, 11) is 0. The van der Waals surface area contributed by atoms with Crippen LogP contribution in [0.2, 0.25) is 0 Å². The van der Waals surface area contributed by atoms with Crippen molar-refractivity contribution in [2.24, 2.45) is 0 Å². The third-order valence-electron chi connectivity index (χ3n) is 2.58. The predicted molar refractivity (Wildman–Crippen MR) is 56.5 cm³/mol. The molecule has 0 bridgehead atoms. The van der Waals surface area contributed by atoms with Gasteiger partial charge in [0.05, 0.1) is 11.8 Å². The highest BCUT2D eigenvalue weighted by atomic mass is 16.3. The van der Waals surface area contributed by atoms with E-state index in [0.29, 0.717) is 18.7 Å². The molecule has 16 heavy (non-hydrogen) atoms. The molecule has 6 heteroatoms. The minimum Gasteiger partial charge on any atom is -0.392 e. The van der Waals surface area contributed by atoms with Crippen LogP contribution in [0.5, 0.6) is 0 Å². The summed E-state index contributed by atoms with van der Waals surface area (Å²) < 4.78 is 0. The van der Waals surface area contributed by atoms with Crippen molar-refractivity contribution < 1.29 is 9.90 Å². The molecule has 1 aliphatic rings. The van der Waals surface area contributed by atoms with Crippen molar-refractivity contribution in [3.05, 3.63) is 24.3 Å². The number of carbonyl (C=O) groups is 1. The van der Waals surface area contributed by atoms with E-state index in [4.69, 9.17) is 0 Å². The quantitative estimate of drug-likeness (QED) is 0.614. The zero-order valence-corrected chi connectivity index (χ0v) is 8.97. The summed E-state index contributed by atoms with van der Waals surface area (Å²) in [5.41, 5.74) is -0.249. The van der Waals surface area contributed by atoms with Crippen LogP contribution in [0.1, 0.15) is 23.8 Å². The summed E-state index contributed by atoms with van der Waals surface area (Å²) in [4.78, 5) is 19.4. The fraction of sp³-hybridized carbons (Fsp3) is 0.500. The van der Waals surface area contributed by atoms with Gasteiger partial charge in [-0.15, -0.1) is 0 Å². The van der Waals surface area contributed by atoms with Gasteiger partial charge in [0, 0.05) is 19.2 Å². The average molecular weight is 222 g/mol. The molecule has 0 spiro atoms. The van der Waals surface area contributed by atoms with Crippen LogP contribution in [-0.4, -0.2) is 39.3 Å². The fourth-order valence-electron chi connectivity index (χ4n) is 1.79. The number of aromatic nitrogens is 2. The van der Waals surface area contributed by atoms with Crippen LogP contribution in [-0.2, 0) is 0 Å². The number of aliphatic hydroxyl groups is 1. The lowest BCUT2D eigenvalue weighted by Crippen LogP contribution is -2.53. The second-order valence-corrected chi connectivity index (χ2v) is 4.12. The normalized spacial score (nSPS) is 29.0. The Morgan fingerprint density at radius 1 is 1.75 bits per heavy atom. The standard InChI is InChI=1S/C10H14N4O2/c1-10(4-7(15)5-13-10)14-9(16)8-2-3-11-6-12-8/h2-3,6-7,13,15H,4-5H2,1H3,(H,14,16)/t7-,10+/m1/s1. The molecule has 1 aromatic heterocycles.